The zero-order chi connectivity index (χ0) is 6.91. The quantitative estimate of drug-likeness (QED) is 0.522. The van der Waals surface area contributed by atoms with Crippen molar-refractivity contribution in [3.05, 3.63) is 0 Å². The molecule has 1 aliphatic rings. The Kier molecular flexibility index (Phi) is 1.45. The van der Waals surface area contributed by atoms with Gasteiger partial charge in [-0.1, -0.05) is 0 Å². The van der Waals surface area contributed by atoms with Gasteiger partial charge >= 0.3 is 0 Å². The Hall–Kier alpha value is -0.570. The second kappa shape index (κ2) is 1.99. The molecule has 9 heavy (non-hydrogen) atoms. The molecule has 52 valence electrons. The summed E-state index contributed by atoms with van der Waals surface area (Å²) in [5.74, 6) is -1.16. The van der Waals surface area contributed by atoms with Gasteiger partial charge in [0.1, 0.15) is 0 Å². The summed E-state index contributed by atoms with van der Waals surface area (Å²) in [6.45, 7) is 0. The fourth-order valence-electron chi connectivity index (χ4n) is 1.03. The third-order valence-electron chi connectivity index (χ3n) is 1.76. The van der Waals surface area contributed by atoms with Crippen molar-refractivity contribution >= 4 is 5.97 Å². The number of rotatable bonds is 2. The highest BCUT2D eigenvalue weighted by Gasteiger charge is 2.33. The van der Waals surface area contributed by atoms with Crippen LogP contribution in [-0.2, 0) is 4.79 Å². The van der Waals surface area contributed by atoms with Crippen LogP contribution in [0.25, 0.3) is 0 Å². The molecule has 3 nitrogen and oxygen atoms in total. The molecule has 0 atom stereocenters. The van der Waals surface area contributed by atoms with E-state index in [1.165, 1.54) is 0 Å². The van der Waals surface area contributed by atoms with E-state index in [0.29, 0.717) is 12.8 Å². The molecule has 0 bridgehead atoms. The van der Waals surface area contributed by atoms with Gasteiger partial charge in [0.05, 0.1) is 5.60 Å². The van der Waals surface area contributed by atoms with E-state index in [1.807, 2.05) is 0 Å². The standard InChI is InChI=1S/C6H10O3/c7-5(8)4-6(9)2-1-3-6/h9H,1-4H2,(H,7,8)/p-1. The predicted molar refractivity (Wildman–Crippen MR) is 28.4 cm³/mol. The lowest BCUT2D eigenvalue weighted by Crippen LogP contribution is -2.42. The molecule has 0 unspecified atom stereocenters. The molecule has 0 aliphatic heterocycles. The number of carbonyl (C=O) groups is 1. The number of carboxylic acids is 1. The van der Waals surface area contributed by atoms with Crippen molar-refractivity contribution in [1.82, 2.24) is 0 Å². The van der Waals surface area contributed by atoms with E-state index < -0.39 is 11.6 Å². The average Bonchev–Trinajstić information content (AvgIpc) is 1.60. The monoisotopic (exact) mass is 129 g/mol. The summed E-state index contributed by atoms with van der Waals surface area (Å²) >= 11 is 0. The number of aliphatic carboxylic acids is 1. The molecule has 1 rings (SSSR count). The van der Waals surface area contributed by atoms with Crippen LogP contribution >= 0.6 is 0 Å². The molecule has 0 radical (unpaired) electrons. The molecular formula is C6H9O3-. The first-order valence-corrected chi connectivity index (χ1v) is 3.05. The zero-order valence-electron chi connectivity index (χ0n) is 5.09. The van der Waals surface area contributed by atoms with Crippen LogP contribution in [0.15, 0.2) is 0 Å². The van der Waals surface area contributed by atoms with E-state index in [9.17, 15) is 9.90 Å². The topological polar surface area (TPSA) is 60.4 Å². The Morgan fingerprint density at radius 2 is 2.22 bits per heavy atom. The molecule has 0 aromatic rings. The summed E-state index contributed by atoms with van der Waals surface area (Å²) in [4.78, 5) is 9.94. The molecule has 1 aliphatic carbocycles. The van der Waals surface area contributed by atoms with Crippen molar-refractivity contribution in [3.8, 4) is 0 Å². The Labute approximate surface area is 53.3 Å². The van der Waals surface area contributed by atoms with E-state index in [2.05, 4.69) is 0 Å². The maximum absolute atomic E-state index is 9.94. The number of hydrogen-bond donors (Lipinski definition) is 1. The second-order valence-corrected chi connectivity index (χ2v) is 2.63. The van der Waals surface area contributed by atoms with Crippen molar-refractivity contribution in [3.63, 3.8) is 0 Å². The van der Waals surface area contributed by atoms with Crippen LogP contribution in [0.3, 0.4) is 0 Å². The van der Waals surface area contributed by atoms with Gasteiger partial charge in [0.15, 0.2) is 0 Å². The molecule has 1 N–H and O–H groups in total. The molecular weight excluding hydrogens is 120 g/mol. The summed E-state index contributed by atoms with van der Waals surface area (Å²) in [5.41, 5.74) is -0.918. The highest BCUT2D eigenvalue weighted by Crippen LogP contribution is 2.33. The number of aliphatic hydroxyl groups is 1. The van der Waals surface area contributed by atoms with Gasteiger partial charge in [0.2, 0.25) is 0 Å². The van der Waals surface area contributed by atoms with E-state index in [-0.39, 0.29) is 6.42 Å². The molecule has 0 aromatic heterocycles. The molecule has 0 aromatic carbocycles. The highest BCUT2D eigenvalue weighted by molar-refractivity contribution is 5.65. The summed E-state index contributed by atoms with van der Waals surface area (Å²) in [6.07, 6.45) is 1.96. The van der Waals surface area contributed by atoms with Crippen LogP contribution in [0, 0.1) is 0 Å². The normalized spacial score (nSPS) is 22.8. The van der Waals surface area contributed by atoms with Crippen molar-refractivity contribution in [2.75, 3.05) is 0 Å². The minimum absolute atomic E-state index is 0.201. The van der Waals surface area contributed by atoms with Crippen molar-refractivity contribution in [2.45, 2.75) is 31.3 Å². The summed E-state index contributed by atoms with van der Waals surface area (Å²) < 4.78 is 0. The first-order chi connectivity index (χ1) is 4.12. The Bertz CT molecular complexity index is 126. The van der Waals surface area contributed by atoms with Gasteiger partial charge in [0.25, 0.3) is 0 Å². The lowest BCUT2D eigenvalue weighted by molar-refractivity contribution is -0.310. The Morgan fingerprint density at radius 3 is 2.33 bits per heavy atom. The molecule has 0 heterocycles. The fraction of sp³-hybridized carbons (Fsp3) is 0.833. The number of carboxylic acid groups (broad SMARTS) is 1. The zero-order valence-corrected chi connectivity index (χ0v) is 5.09. The van der Waals surface area contributed by atoms with E-state index in [0.717, 1.165) is 6.42 Å². The largest absolute Gasteiger partial charge is 0.550 e. The third-order valence-corrected chi connectivity index (χ3v) is 1.76. The molecule has 0 amide bonds. The molecule has 1 fully saturated rings. The molecule has 1 saturated carbocycles. The fourth-order valence-corrected chi connectivity index (χ4v) is 1.03. The lowest BCUT2D eigenvalue weighted by Gasteiger charge is -2.36. The van der Waals surface area contributed by atoms with Crippen LogP contribution in [0.5, 0.6) is 0 Å². The summed E-state index contributed by atoms with van der Waals surface area (Å²) in [5, 5.41) is 19.1. The van der Waals surface area contributed by atoms with Crippen molar-refractivity contribution < 1.29 is 15.0 Å². The van der Waals surface area contributed by atoms with Crippen LogP contribution in [-0.4, -0.2) is 16.7 Å². The van der Waals surface area contributed by atoms with E-state index >= 15 is 0 Å². The smallest absolute Gasteiger partial charge is 0.0699 e. The van der Waals surface area contributed by atoms with Gasteiger partial charge in [-0.25, -0.2) is 0 Å². The van der Waals surface area contributed by atoms with Crippen LogP contribution in [0.2, 0.25) is 0 Å². The van der Waals surface area contributed by atoms with Crippen molar-refractivity contribution in [1.29, 1.82) is 0 Å². The number of carbonyl (C=O) groups excluding carboxylic acids is 1. The van der Waals surface area contributed by atoms with Gasteiger partial charge in [-0.05, 0) is 19.3 Å². The van der Waals surface area contributed by atoms with Gasteiger partial charge in [-0.2, -0.15) is 0 Å². The Morgan fingerprint density at radius 1 is 1.67 bits per heavy atom. The van der Waals surface area contributed by atoms with Gasteiger partial charge in [-0.15, -0.1) is 0 Å². The van der Waals surface area contributed by atoms with Gasteiger partial charge < -0.3 is 15.0 Å². The van der Waals surface area contributed by atoms with Gasteiger partial charge in [-0.3, -0.25) is 0 Å². The summed E-state index contributed by atoms with van der Waals surface area (Å²) in [7, 11) is 0. The first kappa shape index (κ1) is 6.55. The minimum Gasteiger partial charge on any atom is -0.550 e. The van der Waals surface area contributed by atoms with E-state index in [1.54, 1.807) is 0 Å². The molecule has 0 saturated heterocycles. The minimum atomic E-state index is -1.16. The third kappa shape index (κ3) is 1.42. The lowest BCUT2D eigenvalue weighted by atomic mass is 9.78. The molecule has 3 heteroatoms. The SMILES string of the molecule is O=C([O-])CC1(O)CCC1. The maximum atomic E-state index is 9.94. The molecule has 0 spiro atoms. The van der Waals surface area contributed by atoms with E-state index in [4.69, 9.17) is 5.11 Å². The van der Waals surface area contributed by atoms with Crippen LogP contribution in [0.1, 0.15) is 25.7 Å². The second-order valence-electron chi connectivity index (χ2n) is 2.63. The predicted octanol–water partition coefficient (Wildman–Crippen LogP) is -0.959. The maximum Gasteiger partial charge on any atom is 0.0699 e. The van der Waals surface area contributed by atoms with Crippen LogP contribution < -0.4 is 5.11 Å². The van der Waals surface area contributed by atoms with Crippen LogP contribution in [0.4, 0.5) is 0 Å². The number of hydrogen-bond acceptors (Lipinski definition) is 3. The summed E-state index contributed by atoms with van der Waals surface area (Å²) in [6, 6.07) is 0. The van der Waals surface area contributed by atoms with Gasteiger partial charge in [0, 0.05) is 12.4 Å². The van der Waals surface area contributed by atoms with Crippen molar-refractivity contribution in [2.24, 2.45) is 0 Å². The highest BCUT2D eigenvalue weighted by atomic mass is 16.4. The Balaban J connectivity index is 2.33. The average molecular weight is 129 g/mol. The first-order valence-electron chi connectivity index (χ1n) is 3.05.